The normalized spacial score (nSPS) is 10.8. The van der Waals surface area contributed by atoms with E-state index in [4.69, 9.17) is 21.1 Å². The van der Waals surface area contributed by atoms with E-state index in [1.165, 1.54) is 11.8 Å². The first kappa shape index (κ1) is 20.4. The van der Waals surface area contributed by atoms with Gasteiger partial charge in [0.15, 0.2) is 11.5 Å². The van der Waals surface area contributed by atoms with E-state index in [1.54, 1.807) is 6.21 Å². The quantitative estimate of drug-likeness (QED) is 0.411. The lowest BCUT2D eigenvalue weighted by Gasteiger charge is -2.12. The molecular weight excluding hydrogens is 392 g/mol. The molecular formula is C21H21ClN4O3. The summed E-state index contributed by atoms with van der Waals surface area (Å²) >= 11 is 5.90. The van der Waals surface area contributed by atoms with Crippen LogP contribution in [0.3, 0.4) is 0 Å². The summed E-state index contributed by atoms with van der Waals surface area (Å²) in [7, 11) is 0. The third-order valence-corrected chi connectivity index (χ3v) is 4.33. The molecule has 1 aromatic heterocycles. The second kappa shape index (κ2) is 10.3. The van der Waals surface area contributed by atoms with Gasteiger partial charge < -0.3 is 9.47 Å². The highest BCUT2D eigenvalue weighted by atomic mass is 35.5. The second-order valence-electron chi connectivity index (χ2n) is 6.02. The molecule has 0 radical (unpaired) electrons. The maximum Gasteiger partial charge on any atom is 0.285 e. The smallest absolute Gasteiger partial charge is 0.285 e. The zero-order valence-electron chi connectivity index (χ0n) is 15.9. The number of hydrogen-bond donors (Lipinski definition) is 2. The van der Waals surface area contributed by atoms with Crippen molar-refractivity contribution in [1.29, 1.82) is 0 Å². The predicted molar refractivity (Wildman–Crippen MR) is 114 cm³/mol. The molecule has 3 aromatic rings. The molecule has 7 nitrogen and oxygen atoms in total. The lowest BCUT2D eigenvalue weighted by molar-refractivity contribution is 0.279. The van der Waals surface area contributed by atoms with Gasteiger partial charge in [-0.3, -0.25) is 10.2 Å². The standard InChI is InChI=1S/C21H21ClN4O3/c1-2-28-19-12-16(13-23-25-17-14-24-26-21(27)20(17)22)8-9-18(19)29-11-10-15-6-4-3-5-7-15/h3-9,12-14H,2,10-11H2,1H3,(H2,25,26,27)/b23-13+. The molecule has 0 amide bonds. The van der Waals surface area contributed by atoms with Gasteiger partial charge in [-0.15, -0.1) is 0 Å². The molecule has 0 aliphatic heterocycles. The monoisotopic (exact) mass is 412 g/mol. The van der Waals surface area contributed by atoms with Crippen LogP contribution in [0.15, 0.2) is 64.6 Å². The highest BCUT2D eigenvalue weighted by molar-refractivity contribution is 6.32. The molecule has 1 heterocycles. The minimum absolute atomic E-state index is 0.00526. The van der Waals surface area contributed by atoms with Crippen LogP contribution in [0.2, 0.25) is 5.02 Å². The second-order valence-corrected chi connectivity index (χ2v) is 6.40. The van der Waals surface area contributed by atoms with Crippen LogP contribution in [0.5, 0.6) is 11.5 Å². The maximum absolute atomic E-state index is 11.4. The Labute approximate surface area is 173 Å². The minimum Gasteiger partial charge on any atom is -0.490 e. The van der Waals surface area contributed by atoms with Gasteiger partial charge in [0.25, 0.3) is 5.56 Å². The van der Waals surface area contributed by atoms with Crippen molar-refractivity contribution in [3.63, 3.8) is 0 Å². The summed E-state index contributed by atoms with van der Waals surface area (Å²) in [6.45, 7) is 2.98. The number of nitrogens with zero attached hydrogens (tertiary/aromatic N) is 2. The first-order valence-corrected chi connectivity index (χ1v) is 9.51. The van der Waals surface area contributed by atoms with E-state index in [9.17, 15) is 4.79 Å². The lowest BCUT2D eigenvalue weighted by Crippen LogP contribution is -2.10. The van der Waals surface area contributed by atoms with Crippen molar-refractivity contribution in [3.8, 4) is 11.5 Å². The number of hydrogen-bond acceptors (Lipinski definition) is 6. The number of rotatable bonds is 9. The molecule has 2 N–H and O–H groups in total. The summed E-state index contributed by atoms with van der Waals surface area (Å²) in [5, 5.41) is 10.0. The maximum atomic E-state index is 11.4. The lowest BCUT2D eigenvalue weighted by atomic mass is 10.2. The van der Waals surface area contributed by atoms with Gasteiger partial charge in [0.1, 0.15) is 10.7 Å². The van der Waals surface area contributed by atoms with Crippen molar-refractivity contribution in [2.24, 2.45) is 5.10 Å². The van der Waals surface area contributed by atoms with Gasteiger partial charge in [-0.2, -0.15) is 10.2 Å². The third-order valence-electron chi connectivity index (χ3n) is 3.95. The highest BCUT2D eigenvalue weighted by Crippen LogP contribution is 2.28. The van der Waals surface area contributed by atoms with Gasteiger partial charge in [-0.25, -0.2) is 5.10 Å². The summed E-state index contributed by atoms with van der Waals surface area (Å²) < 4.78 is 11.6. The molecule has 0 saturated heterocycles. The van der Waals surface area contributed by atoms with Crippen LogP contribution in [0, 0.1) is 0 Å². The van der Waals surface area contributed by atoms with Crippen molar-refractivity contribution in [1.82, 2.24) is 10.2 Å². The fourth-order valence-electron chi connectivity index (χ4n) is 2.55. The van der Waals surface area contributed by atoms with Gasteiger partial charge in [-0.1, -0.05) is 41.9 Å². The van der Waals surface area contributed by atoms with Gasteiger partial charge in [0.2, 0.25) is 0 Å². The number of ether oxygens (including phenoxy) is 2. The Hall–Kier alpha value is -3.32. The number of H-pyrrole nitrogens is 1. The summed E-state index contributed by atoms with van der Waals surface area (Å²) in [5.74, 6) is 1.31. The molecule has 0 spiro atoms. The summed E-state index contributed by atoms with van der Waals surface area (Å²) in [5.41, 5.74) is 4.55. The first-order chi connectivity index (χ1) is 14.2. The van der Waals surface area contributed by atoms with Crippen LogP contribution in [-0.4, -0.2) is 29.6 Å². The van der Waals surface area contributed by atoms with E-state index < -0.39 is 5.56 Å². The Morgan fingerprint density at radius 3 is 2.79 bits per heavy atom. The van der Waals surface area contributed by atoms with Crippen LogP contribution in [0.1, 0.15) is 18.1 Å². The highest BCUT2D eigenvalue weighted by Gasteiger charge is 2.07. The Balaban J connectivity index is 1.65. The van der Waals surface area contributed by atoms with Crippen molar-refractivity contribution < 1.29 is 9.47 Å². The van der Waals surface area contributed by atoms with Crippen LogP contribution >= 0.6 is 11.6 Å². The van der Waals surface area contributed by atoms with Crippen molar-refractivity contribution in [2.75, 3.05) is 18.6 Å². The number of hydrazone groups is 1. The molecule has 0 aliphatic rings. The molecule has 0 atom stereocenters. The number of halogens is 1. The molecule has 0 bridgehead atoms. The van der Waals surface area contributed by atoms with E-state index in [1.807, 2.05) is 43.3 Å². The average molecular weight is 413 g/mol. The van der Waals surface area contributed by atoms with Gasteiger partial charge in [0.05, 0.1) is 25.6 Å². The van der Waals surface area contributed by atoms with Crippen LogP contribution in [0.25, 0.3) is 0 Å². The molecule has 150 valence electrons. The zero-order valence-corrected chi connectivity index (χ0v) is 16.6. The van der Waals surface area contributed by atoms with Gasteiger partial charge in [-0.05, 0) is 36.2 Å². The summed E-state index contributed by atoms with van der Waals surface area (Å²) in [6.07, 6.45) is 3.79. The van der Waals surface area contributed by atoms with E-state index in [-0.39, 0.29) is 5.02 Å². The van der Waals surface area contributed by atoms with Crippen molar-refractivity contribution in [2.45, 2.75) is 13.3 Å². The molecule has 0 fully saturated rings. The van der Waals surface area contributed by atoms with Crippen molar-refractivity contribution >= 4 is 23.5 Å². The van der Waals surface area contributed by atoms with Crippen molar-refractivity contribution in [3.05, 3.63) is 81.2 Å². The molecule has 2 aromatic carbocycles. The number of benzene rings is 2. The number of aromatic amines is 1. The average Bonchev–Trinajstić information content (AvgIpc) is 2.73. The van der Waals surface area contributed by atoms with E-state index in [0.717, 1.165) is 12.0 Å². The minimum atomic E-state index is -0.484. The molecule has 3 rings (SSSR count). The fraction of sp³-hybridized carbons (Fsp3) is 0.190. The summed E-state index contributed by atoms with van der Waals surface area (Å²) in [4.78, 5) is 11.4. The molecule has 8 heteroatoms. The first-order valence-electron chi connectivity index (χ1n) is 9.13. The number of nitrogens with one attached hydrogen (secondary N) is 2. The van der Waals surface area contributed by atoms with Crippen LogP contribution in [0.4, 0.5) is 5.69 Å². The Morgan fingerprint density at radius 1 is 1.17 bits per heavy atom. The Morgan fingerprint density at radius 2 is 2.00 bits per heavy atom. The Bertz CT molecular complexity index is 1020. The SMILES string of the molecule is CCOc1cc(/C=N/Nc2cn[nH]c(=O)c2Cl)ccc1OCCc1ccccc1. The van der Waals surface area contributed by atoms with E-state index in [2.05, 4.69) is 32.9 Å². The number of aromatic nitrogens is 2. The van der Waals surface area contributed by atoms with Crippen LogP contribution < -0.4 is 20.5 Å². The van der Waals surface area contributed by atoms with E-state index in [0.29, 0.717) is 30.4 Å². The zero-order chi connectivity index (χ0) is 20.5. The fourth-order valence-corrected chi connectivity index (χ4v) is 2.69. The molecule has 0 unspecified atom stereocenters. The Kier molecular flexibility index (Phi) is 7.24. The van der Waals surface area contributed by atoms with E-state index >= 15 is 0 Å². The van der Waals surface area contributed by atoms with Gasteiger partial charge in [0, 0.05) is 6.42 Å². The molecule has 29 heavy (non-hydrogen) atoms. The topological polar surface area (TPSA) is 88.6 Å². The molecule has 0 saturated carbocycles. The molecule has 0 aliphatic carbocycles. The third kappa shape index (κ3) is 5.83. The summed E-state index contributed by atoms with van der Waals surface area (Å²) in [6, 6.07) is 15.7. The largest absolute Gasteiger partial charge is 0.490 e. The number of anilines is 1. The van der Waals surface area contributed by atoms with Crippen LogP contribution in [-0.2, 0) is 6.42 Å². The van der Waals surface area contributed by atoms with Gasteiger partial charge >= 0.3 is 0 Å². The predicted octanol–water partition coefficient (Wildman–Crippen LogP) is 3.89.